The van der Waals surface area contributed by atoms with Crippen molar-refractivity contribution in [1.29, 1.82) is 0 Å². The molecule has 0 aromatic rings. The minimum Gasteiger partial charge on any atom is -0.314 e. The van der Waals surface area contributed by atoms with E-state index in [0.29, 0.717) is 5.54 Å². The minimum atomic E-state index is 0.587. The Morgan fingerprint density at radius 2 is 1.41 bits per heavy atom. The summed E-state index contributed by atoms with van der Waals surface area (Å²) >= 11 is 0. The molecule has 5 fully saturated rings. The molecule has 5 aliphatic carbocycles. The average Bonchev–Trinajstić information content (AvgIpc) is 3.05. The van der Waals surface area contributed by atoms with Gasteiger partial charge >= 0.3 is 0 Å². The maximum Gasteiger partial charge on any atom is 0.0180 e. The second-order valence-corrected chi connectivity index (χ2v) is 7.95. The fraction of sp³-hybridized carbons (Fsp3) is 1.00. The molecule has 96 valence electrons. The van der Waals surface area contributed by atoms with Gasteiger partial charge in [0.2, 0.25) is 0 Å². The van der Waals surface area contributed by atoms with Gasteiger partial charge in [-0.2, -0.15) is 0 Å². The molecule has 0 saturated heterocycles. The minimum absolute atomic E-state index is 0.587. The molecule has 1 heteroatoms. The topological polar surface area (TPSA) is 12.0 Å². The predicted octanol–water partition coefficient (Wildman–Crippen LogP) is 3.74. The summed E-state index contributed by atoms with van der Waals surface area (Å²) in [4.78, 5) is 0. The zero-order valence-corrected chi connectivity index (χ0v) is 11.3. The Kier molecular flexibility index (Phi) is 2.23. The van der Waals surface area contributed by atoms with Crippen LogP contribution in [0.25, 0.3) is 0 Å². The Hall–Kier alpha value is -0.0400. The lowest BCUT2D eigenvalue weighted by molar-refractivity contribution is -0.0595. The van der Waals surface area contributed by atoms with Crippen molar-refractivity contribution in [3.63, 3.8) is 0 Å². The molecule has 0 unspecified atom stereocenters. The molecule has 1 nitrogen and oxygen atoms in total. The summed E-state index contributed by atoms with van der Waals surface area (Å²) in [7, 11) is 2.17. The van der Waals surface area contributed by atoms with Crippen molar-refractivity contribution in [2.75, 3.05) is 7.05 Å². The van der Waals surface area contributed by atoms with Gasteiger partial charge in [-0.15, -0.1) is 0 Å². The average molecular weight is 233 g/mol. The van der Waals surface area contributed by atoms with Gasteiger partial charge < -0.3 is 5.32 Å². The summed E-state index contributed by atoms with van der Waals surface area (Å²) in [5.41, 5.74) is 1.39. The SMILES string of the molecule is CNC1(CCC23CC4CC(CC(C4)C2)C3)CC1. The molecule has 0 amide bonds. The quantitative estimate of drug-likeness (QED) is 0.780. The summed E-state index contributed by atoms with van der Waals surface area (Å²) in [6.45, 7) is 0. The van der Waals surface area contributed by atoms with Gasteiger partial charge in [0.05, 0.1) is 0 Å². The van der Waals surface area contributed by atoms with Crippen LogP contribution in [0.5, 0.6) is 0 Å². The van der Waals surface area contributed by atoms with E-state index in [1.807, 2.05) is 0 Å². The maximum absolute atomic E-state index is 3.58. The molecule has 0 heterocycles. The maximum atomic E-state index is 3.58. The molecular weight excluding hydrogens is 206 g/mol. The van der Waals surface area contributed by atoms with E-state index >= 15 is 0 Å². The van der Waals surface area contributed by atoms with Crippen molar-refractivity contribution >= 4 is 0 Å². The molecule has 5 rings (SSSR count). The Balaban J connectivity index is 1.46. The van der Waals surface area contributed by atoms with Crippen molar-refractivity contribution in [3.05, 3.63) is 0 Å². The third kappa shape index (κ3) is 1.77. The lowest BCUT2D eigenvalue weighted by atomic mass is 9.48. The van der Waals surface area contributed by atoms with E-state index in [-0.39, 0.29) is 0 Å². The van der Waals surface area contributed by atoms with Gasteiger partial charge in [0.15, 0.2) is 0 Å². The van der Waals surface area contributed by atoms with Crippen LogP contribution in [-0.4, -0.2) is 12.6 Å². The molecule has 17 heavy (non-hydrogen) atoms. The Morgan fingerprint density at radius 1 is 0.882 bits per heavy atom. The van der Waals surface area contributed by atoms with Crippen LogP contribution < -0.4 is 5.32 Å². The van der Waals surface area contributed by atoms with Crippen LogP contribution in [0.15, 0.2) is 0 Å². The molecular formula is C16H27N. The van der Waals surface area contributed by atoms with Gasteiger partial charge in [-0.3, -0.25) is 0 Å². The van der Waals surface area contributed by atoms with Crippen LogP contribution in [0, 0.1) is 23.2 Å². The van der Waals surface area contributed by atoms with Gasteiger partial charge in [0.1, 0.15) is 0 Å². The van der Waals surface area contributed by atoms with Crippen LogP contribution in [-0.2, 0) is 0 Å². The monoisotopic (exact) mass is 233 g/mol. The van der Waals surface area contributed by atoms with Gasteiger partial charge in [0, 0.05) is 5.54 Å². The van der Waals surface area contributed by atoms with Gasteiger partial charge in [-0.25, -0.2) is 0 Å². The predicted molar refractivity (Wildman–Crippen MR) is 70.9 cm³/mol. The van der Waals surface area contributed by atoms with Crippen LogP contribution >= 0.6 is 0 Å². The second-order valence-electron chi connectivity index (χ2n) is 7.95. The van der Waals surface area contributed by atoms with Crippen molar-refractivity contribution in [2.24, 2.45) is 23.2 Å². The van der Waals surface area contributed by atoms with E-state index in [2.05, 4.69) is 12.4 Å². The van der Waals surface area contributed by atoms with E-state index in [1.54, 1.807) is 38.5 Å². The highest BCUT2D eigenvalue weighted by Crippen LogP contribution is 2.62. The Morgan fingerprint density at radius 3 is 1.82 bits per heavy atom. The smallest absolute Gasteiger partial charge is 0.0180 e. The number of nitrogens with one attached hydrogen (secondary N) is 1. The largest absolute Gasteiger partial charge is 0.314 e. The first-order valence-corrected chi connectivity index (χ1v) is 7.90. The molecule has 0 spiro atoms. The van der Waals surface area contributed by atoms with E-state index in [4.69, 9.17) is 0 Å². The molecule has 1 N–H and O–H groups in total. The third-order valence-corrected chi connectivity index (χ3v) is 6.68. The van der Waals surface area contributed by atoms with E-state index in [9.17, 15) is 0 Å². The fourth-order valence-electron chi connectivity index (χ4n) is 5.88. The zero-order valence-electron chi connectivity index (χ0n) is 11.3. The number of hydrogen-bond donors (Lipinski definition) is 1. The molecule has 0 aliphatic heterocycles. The summed E-state index contributed by atoms with van der Waals surface area (Å²) in [6, 6.07) is 0. The van der Waals surface area contributed by atoms with E-state index in [1.165, 1.54) is 25.7 Å². The lowest BCUT2D eigenvalue weighted by Gasteiger charge is -2.57. The summed E-state index contributed by atoms with van der Waals surface area (Å²) in [5, 5.41) is 3.58. The molecule has 0 radical (unpaired) electrons. The van der Waals surface area contributed by atoms with Crippen LogP contribution in [0.1, 0.15) is 64.2 Å². The standard InChI is InChI=1S/C16H27N/c1-17-16(4-5-16)3-2-15-9-12-6-13(10-15)8-14(7-12)11-15/h12-14,17H,2-11H2,1H3. The molecule has 5 aliphatic rings. The normalized spacial score (nSPS) is 49.6. The second kappa shape index (κ2) is 3.50. The first kappa shape index (κ1) is 10.8. The van der Waals surface area contributed by atoms with Crippen LogP contribution in [0.3, 0.4) is 0 Å². The number of rotatable bonds is 4. The fourth-order valence-corrected chi connectivity index (χ4v) is 5.88. The zero-order chi connectivity index (χ0) is 11.5. The molecule has 0 atom stereocenters. The van der Waals surface area contributed by atoms with E-state index in [0.717, 1.165) is 23.2 Å². The van der Waals surface area contributed by atoms with E-state index < -0.39 is 0 Å². The molecule has 0 aromatic heterocycles. The summed E-state index contributed by atoms with van der Waals surface area (Å²) < 4.78 is 0. The van der Waals surface area contributed by atoms with Crippen LogP contribution in [0.2, 0.25) is 0 Å². The van der Waals surface area contributed by atoms with Gasteiger partial charge in [-0.1, -0.05) is 0 Å². The first-order valence-electron chi connectivity index (χ1n) is 7.90. The highest BCUT2D eigenvalue weighted by atomic mass is 15.0. The van der Waals surface area contributed by atoms with Crippen molar-refractivity contribution in [2.45, 2.75) is 69.7 Å². The Labute approximate surface area is 106 Å². The van der Waals surface area contributed by atoms with Crippen molar-refractivity contribution < 1.29 is 0 Å². The van der Waals surface area contributed by atoms with Gasteiger partial charge in [0.25, 0.3) is 0 Å². The third-order valence-electron chi connectivity index (χ3n) is 6.68. The highest BCUT2D eigenvalue weighted by molar-refractivity contribution is 5.06. The summed E-state index contributed by atoms with van der Waals surface area (Å²) in [6.07, 6.45) is 15.5. The molecule has 0 aromatic carbocycles. The van der Waals surface area contributed by atoms with Crippen molar-refractivity contribution in [1.82, 2.24) is 5.32 Å². The first-order chi connectivity index (χ1) is 8.21. The molecule has 5 saturated carbocycles. The van der Waals surface area contributed by atoms with Gasteiger partial charge in [-0.05, 0) is 94.4 Å². The van der Waals surface area contributed by atoms with Crippen molar-refractivity contribution in [3.8, 4) is 0 Å². The number of hydrogen-bond acceptors (Lipinski definition) is 1. The lowest BCUT2D eigenvalue weighted by Crippen LogP contribution is -2.46. The Bertz CT molecular complexity index is 280. The summed E-state index contributed by atoms with van der Waals surface area (Å²) in [5.74, 6) is 3.39. The highest BCUT2D eigenvalue weighted by Gasteiger charge is 2.52. The molecule has 4 bridgehead atoms. The van der Waals surface area contributed by atoms with Crippen LogP contribution in [0.4, 0.5) is 0 Å².